The van der Waals surface area contributed by atoms with Crippen LogP contribution in [0.2, 0.25) is 0 Å². The van der Waals surface area contributed by atoms with Gasteiger partial charge in [-0.15, -0.1) is 18.3 Å². The lowest BCUT2D eigenvalue weighted by molar-refractivity contribution is -0.155. The van der Waals surface area contributed by atoms with Crippen LogP contribution in [0.15, 0.2) is 25.3 Å². The van der Waals surface area contributed by atoms with Crippen LogP contribution in [0.1, 0.15) is 40.0 Å². The molecule has 0 aliphatic carbocycles. The van der Waals surface area contributed by atoms with Gasteiger partial charge in [-0.25, -0.2) is 0 Å². The van der Waals surface area contributed by atoms with Crippen molar-refractivity contribution in [3.63, 3.8) is 0 Å². The Morgan fingerprint density at radius 1 is 1.28 bits per heavy atom. The van der Waals surface area contributed by atoms with Gasteiger partial charge in [0.25, 0.3) is 0 Å². The van der Waals surface area contributed by atoms with Crippen molar-refractivity contribution < 1.29 is 29.0 Å². The maximum absolute atomic E-state index is 14.6. The first-order chi connectivity index (χ1) is 18.7. The van der Waals surface area contributed by atoms with E-state index in [-0.39, 0.29) is 30.9 Å². The van der Waals surface area contributed by atoms with Gasteiger partial charge in [-0.05, 0) is 25.7 Å². The molecule has 1 N–H and O–H groups in total. The largest absolute Gasteiger partial charge is 0.461 e. The fraction of sp³-hybridized carbons (Fsp3) is 0.759. The van der Waals surface area contributed by atoms with Crippen LogP contribution in [-0.4, -0.2) is 118 Å². The van der Waals surface area contributed by atoms with E-state index < -0.39 is 39.4 Å². The second-order valence-corrected chi connectivity index (χ2v) is 13.5. The molecule has 0 saturated carbocycles. The molecule has 7 atom stereocenters. The number of likely N-dealkylation sites (tertiary alicyclic amines) is 1. The maximum atomic E-state index is 14.6. The van der Waals surface area contributed by atoms with E-state index in [4.69, 9.17) is 9.47 Å². The van der Waals surface area contributed by atoms with Gasteiger partial charge in [0.05, 0.1) is 42.4 Å². The molecule has 4 aliphatic rings. The Morgan fingerprint density at radius 3 is 2.62 bits per heavy atom. The van der Waals surface area contributed by atoms with E-state index in [2.05, 4.69) is 18.1 Å². The molecule has 0 aromatic rings. The summed E-state index contributed by atoms with van der Waals surface area (Å²) >= 11 is 1.62. The molecule has 10 heteroatoms. The van der Waals surface area contributed by atoms with E-state index in [0.29, 0.717) is 39.3 Å². The van der Waals surface area contributed by atoms with Crippen LogP contribution in [0.25, 0.3) is 0 Å². The van der Waals surface area contributed by atoms with E-state index in [0.717, 1.165) is 25.9 Å². The standard InChI is InChI=1S/C29H45N3O6S/c1-6-11-31(13-12-30-14-17-37-18-15-30)26(35)24-29-10-9-28(5,39-29)23(27(36)38-16-7-2)22(29)25(34)32(24)21(19-33)20(4)8-3/h6-7,20-24,33H,1-2,8-19H2,3-5H3/t20-,21-,22-,23+,24?,28-,29?/m0/s1. The maximum Gasteiger partial charge on any atom is 0.311 e. The van der Waals surface area contributed by atoms with E-state index >= 15 is 0 Å². The summed E-state index contributed by atoms with van der Waals surface area (Å²) in [6.45, 7) is 18.0. The van der Waals surface area contributed by atoms with Gasteiger partial charge in [-0.1, -0.05) is 39.0 Å². The third kappa shape index (κ3) is 5.29. The predicted molar refractivity (Wildman–Crippen MR) is 151 cm³/mol. The van der Waals surface area contributed by atoms with Crippen LogP contribution < -0.4 is 0 Å². The highest BCUT2D eigenvalue weighted by atomic mass is 32.2. The van der Waals surface area contributed by atoms with Crippen LogP contribution in [0.3, 0.4) is 0 Å². The minimum absolute atomic E-state index is 0.0189. The minimum Gasteiger partial charge on any atom is -0.461 e. The van der Waals surface area contributed by atoms with Gasteiger partial charge in [-0.3, -0.25) is 19.3 Å². The van der Waals surface area contributed by atoms with Crippen molar-refractivity contribution in [1.82, 2.24) is 14.7 Å². The monoisotopic (exact) mass is 563 g/mol. The summed E-state index contributed by atoms with van der Waals surface area (Å²) in [5.74, 6) is -2.09. The molecule has 2 unspecified atom stereocenters. The van der Waals surface area contributed by atoms with Gasteiger partial charge in [-0.2, -0.15) is 0 Å². The summed E-state index contributed by atoms with van der Waals surface area (Å²) in [7, 11) is 0. The third-order valence-electron chi connectivity index (χ3n) is 9.34. The lowest BCUT2D eigenvalue weighted by Gasteiger charge is -2.41. The van der Waals surface area contributed by atoms with Crippen molar-refractivity contribution >= 4 is 29.5 Å². The lowest BCUT2D eigenvalue weighted by atomic mass is 9.66. The number of amides is 2. The number of morpholine rings is 1. The van der Waals surface area contributed by atoms with Gasteiger partial charge < -0.3 is 24.4 Å². The normalized spacial score (nSPS) is 33.5. The molecule has 0 aromatic carbocycles. The zero-order chi connectivity index (χ0) is 28.4. The Bertz CT molecular complexity index is 957. The summed E-state index contributed by atoms with van der Waals surface area (Å²) in [5.41, 5.74) is 0. The molecule has 2 bridgehead atoms. The number of fused-ring (bicyclic) bond motifs is 1. The van der Waals surface area contributed by atoms with Gasteiger partial charge in [0.2, 0.25) is 11.8 Å². The number of carbonyl (C=O) groups excluding carboxylic acids is 3. The Hall–Kier alpha value is -1.88. The molecule has 0 radical (unpaired) electrons. The van der Waals surface area contributed by atoms with Crippen LogP contribution in [0.5, 0.6) is 0 Å². The second-order valence-electron chi connectivity index (χ2n) is 11.6. The van der Waals surface area contributed by atoms with Crippen molar-refractivity contribution in [3.05, 3.63) is 25.3 Å². The van der Waals surface area contributed by atoms with Crippen molar-refractivity contribution in [2.75, 3.05) is 59.2 Å². The van der Waals surface area contributed by atoms with E-state index in [9.17, 15) is 19.5 Å². The highest BCUT2D eigenvalue weighted by Gasteiger charge is 2.78. The molecule has 1 spiro atoms. The van der Waals surface area contributed by atoms with Gasteiger partial charge >= 0.3 is 5.97 Å². The summed E-state index contributed by atoms with van der Waals surface area (Å²) in [4.78, 5) is 48.1. The fourth-order valence-corrected chi connectivity index (χ4v) is 9.44. The molecular weight excluding hydrogens is 518 g/mol. The van der Waals surface area contributed by atoms with Crippen molar-refractivity contribution in [2.24, 2.45) is 17.8 Å². The summed E-state index contributed by atoms with van der Waals surface area (Å²) in [6.07, 6.45) is 5.37. The zero-order valence-corrected chi connectivity index (χ0v) is 24.5. The molecule has 4 saturated heterocycles. The topological polar surface area (TPSA) is 99.6 Å². The summed E-state index contributed by atoms with van der Waals surface area (Å²) in [6, 6.07) is -1.28. The smallest absolute Gasteiger partial charge is 0.311 e. The van der Waals surface area contributed by atoms with Crippen molar-refractivity contribution in [2.45, 2.75) is 61.6 Å². The number of thioether (sulfide) groups is 1. The Balaban J connectivity index is 1.72. The Labute approximate surface area is 236 Å². The highest BCUT2D eigenvalue weighted by Crippen LogP contribution is 2.72. The molecule has 4 rings (SSSR count). The van der Waals surface area contributed by atoms with E-state index in [1.807, 2.05) is 20.8 Å². The molecule has 39 heavy (non-hydrogen) atoms. The van der Waals surface area contributed by atoms with Crippen LogP contribution in [0, 0.1) is 17.8 Å². The molecule has 218 valence electrons. The third-order valence-corrected chi connectivity index (χ3v) is 11.3. The number of hydrogen-bond acceptors (Lipinski definition) is 8. The van der Waals surface area contributed by atoms with Crippen LogP contribution >= 0.6 is 11.8 Å². The lowest BCUT2D eigenvalue weighted by Crippen LogP contribution is -2.59. The number of nitrogens with zero attached hydrogens (tertiary/aromatic N) is 3. The zero-order valence-electron chi connectivity index (χ0n) is 23.7. The first-order valence-electron chi connectivity index (χ1n) is 14.3. The molecule has 2 amide bonds. The SMILES string of the molecule is C=CCOC(=O)[C@H]1[C@H]2C(=O)N([C@@H](CO)[C@@H](C)CC)C(C(=O)N(CC=C)CCN3CCOCC3)C23CC[C@]1(C)S3. The number of aliphatic hydroxyl groups is 1. The first kappa shape index (κ1) is 30.1. The van der Waals surface area contributed by atoms with Gasteiger partial charge in [0.15, 0.2) is 0 Å². The number of esters is 1. The number of carbonyl (C=O) groups is 3. The molecule has 0 aromatic heterocycles. The molecule has 4 fully saturated rings. The predicted octanol–water partition coefficient (Wildman–Crippen LogP) is 1.95. The average molecular weight is 564 g/mol. The first-order valence-corrected chi connectivity index (χ1v) is 15.1. The van der Waals surface area contributed by atoms with Crippen LogP contribution in [0.4, 0.5) is 0 Å². The van der Waals surface area contributed by atoms with Gasteiger partial charge in [0.1, 0.15) is 12.6 Å². The number of aliphatic hydroxyl groups excluding tert-OH is 1. The minimum atomic E-state index is -0.769. The Kier molecular flexibility index (Phi) is 9.51. The van der Waals surface area contributed by atoms with E-state index in [1.165, 1.54) is 6.08 Å². The molecular formula is C29H45N3O6S. The molecule has 4 aliphatic heterocycles. The summed E-state index contributed by atoms with van der Waals surface area (Å²) < 4.78 is 9.74. The summed E-state index contributed by atoms with van der Waals surface area (Å²) in [5, 5.41) is 10.5. The van der Waals surface area contributed by atoms with Crippen molar-refractivity contribution in [3.8, 4) is 0 Å². The Morgan fingerprint density at radius 2 is 2.00 bits per heavy atom. The second kappa shape index (κ2) is 12.3. The number of hydrogen-bond donors (Lipinski definition) is 1. The molecule has 9 nitrogen and oxygen atoms in total. The average Bonchev–Trinajstić information content (AvgIpc) is 3.51. The van der Waals surface area contributed by atoms with Crippen LogP contribution in [-0.2, 0) is 23.9 Å². The highest BCUT2D eigenvalue weighted by molar-refractivity contribution is 8.02. The molecule has 4 heterocycles. The quantitative estimate of drug-likeness (QED) is 0.268. The van der Waals surface area contributed by atoms with E-state index in [1.54, 1.807) is 27.6 Å². The fourth-order valence-electron chi connectivity index (χ4n) is 7.11. The number of ether oxygens (including phenoxy) is 2. The van der Waals surface area contributed by atoms with Crippen molar-refractivity contribution in [1.29, 1.82) is 0 Å². The van der Waals surface area contributed by atoms with Gasteiger partial charge in [0, 0.05) is 37.5 Å². The number of rotatable bonds is 13.